The predicted molar refractivity (Wildman–Crippen MR) is 102 cm³/mol. The Hall–Kier alpha value is -2.59. The molecule has 1 aromatic heterocycles. The van der Waals surface area contributed by atoms with Crippen molar-refractivity contribution in [2.45, 2.75) is 26.3 Å². The first-order chi connectivity index (χ1) is 12.2. The van der Waals surface area contributed by atoms with Gasteiger partial charge in [-0.2, -0.15) is 0 Å². The predicted octanol–water partition coefficient (Wildman–Crippen LogP) is 5.33. The number of aromatic amines is 1. The van der Waals surface area contributed by atoms with Crippen LogP contribution in [-0.4, -0.2) is 15.8 Å². The van der Waals surface area contributed by atoms with Crippen molar-refractivity contribution in [3.8, 4) is 11.4 Å². The number of hydrogen-bond donors (Lipinski definition) is 2. The number of halogens is 1. The van der Waals surface area contributed by atoms with Crippen molar-refractivity contribution < 1.29 is 4.79 Å². The van der Waals surface area contributed by atoms with Crippen LogP contribution in [0, 0.1) is 0 Å². The van der Waals surface area contributed by atoms with E-state index in [-0.39, 0.29) is 5.78 Å². The molecule has 0 radical (unpaired) electrons. The summed E-state index contributed by atoms with van der Waals surface area (Å²) in [6, 6.07) is 17.4. The number of H-pyrrole nitrogens is 1. The van der Waals surface area contributed by atoms with Crippen molar-refractivity contribution in [1.29, 1.82) is 0 Å². The zero-order chi connectivity index (χ0) is 17.6. The van der Waals surface area contributed by atoms with Crippen LogP contribution >= 0.6 is 11.6 Å². The zero-order valence-corrected chi connectivity index (χ0v) is 14.8. The van der Waals surface area contributed by atoms with Crippen molar-refractivity contribution in [3.63, 3.8) is 0 Å². The second-order valence-corrected chi connectivity index (χ2v) is 6.18. The fourth-order valence-corrected chi connectivity index (χ4v) is 2.77. The summed E-state index contributed by atoms with van der Waals surface area (Å²) in [5, 5.41) is 3.76. The van der Waals surface area contributed by atoms with Gasteiger partial charge in [0.05, 0.1) is 12.2 Å². The number of rotatable bonds is 7. The van der Waals surface area contributed by atoms with E-state index in [4.69, 9.17) is 11.6 Å². The van der Waals surface area contributed by atoms with E-state index in [0.717, 1.165) is 34.8 Å². The number of benzene rings is 2. The third kappa shape index (κ3) is 4.28. The summed E-state index contributed by atoms with van der Waals surface area (Å²) in [7, 11) is 0. The molecular weight excluding hydrogens is 334 g/mol. The molecule has 0 atom stereocenters. The largest absolute Gasteiger partial charge is 0.379 e. The molecule has 3 rings (SSSR count). The minimum atomic E-state index is 0.179. The highest BCUT2D eigenvalue weighted by molar-refractivity contribution is 6.30. The van der Waals surface area contributed by atoms with Crippen molar-refractivity contribution in [2.24, 2.45) is 0 Å². The number of carbonyl (C=O) groups excluding carboxylic acids is 1. The van der Waals surface area contributed by atoms with Gasteiger partial charge in [-0.3, -0.25) is 4.79 Å². The summed E-state index contributed by atoms with van der Waals surface area (Å²) in [6.45, 7) is 2.53. The molecule has 0 saturated heterocycles. The van der Waals surface area contributed by atoms with Crippen LogP contribution in [0.1, 0.15) is 35.8 Å². The lowest BCUT2D eigenvalue weighted by Gasteiger charge is -2.06. The zero-order valence-electron chi connectivity index (χ0n) is 14.1. The Kier molecular flexibility index (Phi) is 5.51. The summed E-state index contributed by atoms with van der Waals surface area (Å²) >= 11 is 6.24. The molecule has 0 aliphatic carbocycles. The molecule has 2 N–H and O–H groups in total. The van der Waals surface area contributed by atoms with Crippen molar-refractivity contribution in [3.05, 3.63) is 71.0 Å². The first-order valence-corrected chi connectivity index (χ1v) is 8.72. The second-order valence-electron chi connectivity index (χ2n) is 5.82. The van der Waals surface area contributed by atoms with Gasteiger partial charge in [0.25, 0.3) is 0 Å². The Morgan fingerprint density at radius 3 is 2.52 bits per heavy atom. The van der Waals surface area contributed by atoms with Gasteiger partial charge in [0.15, 0.2) is 10.9 Å². The standard InChI is InChI=1S/C20H20ClN3O/c1-2-6-18(25)14-9-11-16(12-10-14)22-13-17-19(21)24-20(23-17)15-7-4-3-5-8-15/h3-5,7-12,22H,2,6,13H2,1H3,(H,23,24). The van der Waals surface area contributed by atoms with Crippen LogP contribution in [0.4, 0.5) is 5.69 Å². The van der Waals surface area contributed by atoms with Crippen LogP contribution in [0.25, 0.3) is 11.4 Å². The van der Waals surface area contributed by atoms with Crippen LogP contribution < -0.4 is 5.32 Å². The highest BCUT2D eigenvalue weighted by atomic mass is 35.5. The average Bonchev–Trinajstić information content (AvgIpc) is 3.02. The number of carbonyl (C=O) groups is 1. The normalized spacial score (nSPS) is 10.6. The summed E-state index contributed by atoms with van der Waals surface area (Å²) in [6.07, 6.45) is 1.44. The Morgan fingerprint density at radius 1 is 1.12 bits per heavy atom. The molecule has 5 heteroatoms. The fourth-order valence-electron chi connectivity index (χ4n) is 2.57. The van der Waals surface area contributed by atoms with Gasteiger partial charge in [0, 0.05) is 23.2 Å². The first kappa shape index (κ1) is 17.2. The quantitative estimate of drug-likeness (QED) is 0.565. The van der Waals surface area contributed by atoms with E-state index in [0.29, 0.717) is 18.1 Å². The monoisotopic (exact) mass is 353 g/mol. The number of ketones is 1. The first-order valence-electron chi connectivity index (χ1n) is 8.34. The SMILES string of the molecule is CCCC(=O)c1ccc(NCc2[nH]c(-c3ccccc3)nc2Cl)cc1. The lowest BCUT2D eigenvalue weighted by molar-refractivity contribution is 0.0982. The Bertz CT molecular complexity index is 841. The lowest BCUT2D eigenvalue weighted by atomic mass is 10.1. The summed E-state index contributed by atoms with van der Waals surface area (Å²) in [5.74, 6) is 0.932. The molecule has 1 heterocycles. The van der Waals surface area contributed by atoms with E-state index in [1.54, 1.807) is 0 Å². The van der Waals surface area contributed by atoms with E-state index in [2.05, 4.69) is 15.3 Å². The van der Waals surface area contributed by atoms with Crippen molar-refractivity contribution >= 4 is 23.1 Å². The van der Waals surface area contributed by atoms with Crippen LogP contribution in [0.5, 0.6) is 0 Å². The van der Waals surface area contributed by atoms with Crippen LogP contribution in [0.3, 0.4) is 0 Å². The highest BCUT2D eigenvalue weighted by Crippen LogP contribution is 2.22. The number of anilines is 1. The van der Waals surface area contributed by atoms with E-state index >= 15 is 0 Å². The Labute approximate surface area is 152 Å². The smallest absolute Gasteiger partial charge is 0.162 e. The minimum Gasteiger partial charge on any atom is -0.379 e. The number of imidazole rings is 1. The number of hydrogen-bond acceptors (Lipinski definition) is 3. The number of nitrogens with zero attached hydrogens (tertiary/aromatic N) is 1. The van der Waals surface area contributed by atoms with Gasteiger partial charge < -0.3 is 10.3 Å². The van der Waals surface area contributed by atoms with Gasteiger partial charge in [0.1, 0.15) is 5.82 Å². The highest BCUT2D eigenvalue weighted by Gasteiger charge is 2.10. The maximum atomic E-state index is 11.9. The van der Waals surface area contributed by atoms with Gasteiger partial charge in [-0.05, 0) is 30.7 Å². The Balaban J connectivity index is 1.66. The molecule has 0 aliphatic rings. The summed E-state index contributed by atoms with van der Waals surface area (Å²) in [4.78, 5) is 19.5. The third-order valence-electron chi connectivity index (χ3n) is 3.93. The molecule has 0 bridgehead atoms. The molecule has 25 heavy (non-hydrogen) atoms. The van der Waals surface area contributed by atoms with E-state index in [9.17, 15) is 4.79 Å². The molecule has 0 spiro atoms. The van der Waals surface area contributed by atoms with Gasteiger partial charge in [0.2, 0.25) is 0 Å². The Morgan fingerprint density at radius 2 is 1.84 bits per heavy atom. The van der Waals surface area contributed by atoms with Crippen LogP contribution in [0.2, 0.25) is 5.15 Å². The molecule has 128 valence electrons. The summed E-state index contributed by atoms with van der Waals surface area (Å²) < 4.78 is 0. The molecule has 3 aromatic rings. The minimum absolute atomic E-state index is 0.179. The van der Waals surface area contributed by atoms with Crippen molar-refractivity contribution in [1.82, 2.24) is 9.97 Å². The molecule has 0 unspecified atom stereocenters. The van der Waals surface area contributed by atoms with E-state index < -0.39 is 0 Å². The van der Waals surface area contributed by atoms with Gasteiger partial charge in [-0.15, -0.1) is 0 Å². The molecule has 0 amide bonds. The molecular formula is C20H20ClN3O. The number of aromatic nitrogens is 2. The van der Waals surface area contributed by atoms with Crippen LogP contribution in [0.15, 0.2) is 54.6 Å². The fraction of sp³-hybridized carbons (Fsp3) is 0.200. The molecule has 0 fully saturated rings. The van der Waals surface area contributed by atoms with Gasteiger partial charge in [-0.25, -0.2) is 4.98 Å². The molecule has 0 saturated carbocycles. The van der Waals surface area contributed by atoms with E-state index in [1.807, 2.05) is 61.5 Å². The van der Waals surface area contributed by atoms with Crippen molar-refractivity contribution in [2.75, 3.05) is 5.32 Å². The molecule has 4 nitrogen and oxygen atoms in total. The number of Topliss-reactive ketones (excluding diaryl/α,β-unsaturated/α-hetero) is 1. The number of nitrogens with one attached hydrogen (secondary N) is 2. The maximum Gasteiger partial charge on any atom is 0.162 e. The van der Waals surface area contributed by atoms with E-state index in [1.165, 1.54) is 0 Å². The topological polar surface area (TPSA) is 57.8 Å². The molecule has 0 aliphatic heterocycles. The lowest BCUT2D eigenvalue weighted by Crippen LogP contribution is -2.02. The van der Waals surface area contributed by atoms with Gasteiger partial charge in [-0.1, -0.05) is 48.9 Å². The maximum absolute atomic E-state index is 11.9. The van der Waals surface area contributed by atoms with Gasteiger partial charge >= 0.3 is 0 Å². The summed E-state index contributed by atoms with van der Waals surface area (Å²) in [5.41, 5.74) is 3.50. The van der Waals surface area contributed by atoms with Crippen LogP contribution in [-0.2, 0) is 6.54 Å². The third-order valence-corrected chi connectivity index (χ3v) is 4.24. The molecule has 2 aromatic carbocycles. The average molecular weight is 354 g/mol. The second kappa shape index (κ2) is 7.99.